The summed E-state index contributed by atoms with van der Waals surface area (Å²) < 4.78 is 0. The smallest absolute Gasteiger partial charge is 0.0321 e. The Kier molecular flexibility index (Phi) is 7.66. The van der Waals surface area contributed by atoms with E-state index in [1.807, 2.05) is 0 Å². The van der Waals surface area contributed by atoms with Gasteiger partial charge < -0.3 is 0 Å². The van der Waals surface area contributed by atoms with E-state index in [1.54, 1.807) is 5.57 Å². The molecule has 0 fully saturated rings. The maximum Gasteiger partial charge on any atom is -0.0321 e. The minimum absolute atomic E-state index is 1.32. The first-order chi connectivity index (χ1) is 5.35. The fourth-order valence-electron chi connectivity index (χ4n) is 1.22. The monoisotopic (exact) mass is 154 g/mol. The van der Waals surface area contributed by atoms with Crippen molar-refractivity contribution in [3.8, 4) is 0 Å². The van der Waals surface area contributed by atoms with Gasteiger partial charge in [0, 0.05) is 0 Å². The predicted octanol–water partition coefficient (Wildman–Crippen LogP) is 4.31. The molecule has 0 aromatic heterocycles. The summed E-state index contributed by atoms with van der Waals surface area (Å²) in [6.07, 6.45) is 10.3. The van der Waals surface area contributed by atoms with Crippen LogP contribution in [-0.2, 0) is 0 Å². The van der Waals surface area contributed by atoms with E-state index < -0.39 is 0 Å². The average Bonchev–Trinajstić information content (AvgIpc) is 2.05. The number of unbranched alkanes of at least 4 members (excludes halogenated alkanes) is 2. The summed E-state index contributed by atoms with van der Waals surface area (Å²) in [5.41, 5.74) is 1.66. The van der Waals surface area contributed by atoms with Gasteiger partial charge in [0.25, 0.3) is 0 Å². The molecule has 0 saturated carbocycles. The lowest BCUT2D eigenvalue weighted by Gasteiger charge is -2.03. The Bertz CT molecular complexity index is 90.6. The van der Waals surface area contributed by atoms with Crippen LogP contribution in [0.3, 0.4) is 0 Å². The maximum absolute atomic E-state index is 2.30. The van der Waals surface area contributed by atoms with Gasteiger partial charge in [-0.25, -0.2) is 0 Å². The van der Waals surface area contributed by atoms with Crippen LogP contribution in [0.4, 0.5) is 0 Å². The molecule has 0 rings (SSSR count). The predicted molar refractivity (Wildman–Crippen MR) is 52.8 cm³/mol. The Morgan fingerprint density at radius 1 is 1.00 bits per heavy atom. The standard InChI is InChI=1S/C11H22/c1-4-7-9-11(6-3)10-8-5-2/h6H,4-5,7-10H2,1-3H3. The number of hydrogen-bond acceptors (Lipinski definition) is 0. The van der Waals surface area contributed by atoms with Gasteiger partial charge in [-0.05, 0) is 32.6 Å². The normalized spacial score (nSPS) is 9.73. The fraction of sp³-hybridized carbons (Fsp3) is 0.818. The van der Waals surface area contributed by atoms with Crippen LogP contribution in [0.15, 0.2) is 11.6 Å². The van der Waals surface area contributed by atoms with Crippen molar-refractivity contribution in [3.63, 3.8) is 0 Å². The van der Waals surface area contributed by atoms with Crippen molar-refractivity contribution < 1.29 is 0 Å². The molecule has 11 heavy (non-hydrogen) atoms. The lowest BCUT2D eigenvalue weighted by molar-refractivity contribution is 0.711. The average molecular weight is 154 g/mol. The molecule has 0 aromatic rings. The van der Waals surface area contributed by atoms with E-state index in [1.165, 1.54) is 38.5 Å². The summed E-state index contributed by atoms with van der Waals surface area (Å²) in [4.78, 5) is 0. The van der Waals surface area contributed by atoms with Crippen LogP contribution < -0.4 is 0 Å². The van der Waals surface area contributed by atoms with E-state index in [2.05, 4.69) is 26.8 Å². The van der Waals surface area contributed by atoms with E-state index in [0.717, 1.165) is 0 Å². The van der Waals surface area contributed by atoms with Gasteiger partial charge in [0.1, 0.15) is 0 Å². The minimum Gasteiger partial charge on any atom is -0.0885 e. The summed E-state index contributed by atoms with van der Waals surface area (Å²) in [6.45, 7) is 6.68. The molecule has 0 heteroatoms. The third-order valence-electron chi connectivity index (χ3n) is 2.11. The van der Waals surface area contributed by atoms with Crippen LogP contribution in [0.1, 0.15) is 59.3 Å². The topological polar surface area (TPSA) is 0 Å². The summed E-state index contributed by atoms with van der Waals surface area (Å²) in [5, 5.41) is 0. The SMILES string of the molecule is CC=C(CCCC)CCCC. The Morgan fingerprint density at radius 2 is 1.45 bits per heavy atom. The zero-order valence-corrected chi connectivity index (χ0v) is 8.32. The third-order valence-corrected chi connectivity index (χ3v) is 2.11. The molecule has 0 aliphatic rings. The van der Waals surface area contributed by atoms with Crippen LogP contribution in [0, 0.1) is 0 Å². The first-order valence-electron chi connectivity index (χ1n) is 4.99. The number of allylic oxidation sites excluding steroid dienone is 2. The van der Waals surface area contributed by atoms with Crippen molar-refractivity contribution in [1.29, 1.82) is 0 Å². The molecular formula is C11H22. The molecule has 0 atom stereocenters. The highest BCUT2D eigenvalue weighted by atomic mass is 14.0. The molecule has 0 aliphatic heterocycles. The molecule has 0 amide bonds. The second-order valence-corrected chi connectivity index (χ2v) is 3.15. The number of hydrogen-bond donors (Lipinski definition) is 0. The molecule has 66 valence electrons. The first kappa shape index (κ1) is 10.7. The highest BCUT2D eigenvalue weighted by Crippen LogP contribution is 2.14. The zero-order valence-electron chi connectivity index (χ0n) is 8.32. The second-order valence-electron chi connectivity index (χ2n) is 3.15. The van der Waals surface area contributed by atoms with E-state index in [0.29, 0.717) is 0 Å². The Balaban J connectivity index is 3.43. The summed E-state index contributed by atoms with van der Waals surface area (Å²) >= 11 is 0. The van der Waals surface area contributed by atoms with E-state index in [4.69, 9.17) is 0 Å². The van der Waals surface area contributed by atoms with Gasteiger partial charge in [-0.1, -0.05) is 38.3 Å². The molecule has 0 bridgehead atoms. The molecule has 0 heterocycles. The molecule has 0 aromatic carbocycles. The van der Waals surface area contributed by atoms with E-state index >= 15 is 0 Å². The van der Waals surface area contributed by atoms with Crippen LogP contribution in [-0.4, -0.2) is 0 Å². The molecule has 0 nitrogen and oxygen atoms in total. The number of rotatable bonds is 6. The molecule has 0 radical (unpaired) electrons. The Morgan fingerprint density at radius 3 is 1.73 bits per heavy atom. The van der Waals surface area contributed by atoms with Gasteiger partial charge in [-0.15, -0.1) is 0 Å². The molecule has 0 saturated heterocycles. The van der Waals surface area contributed by atoms with Gasteiger partial charge in [0.2, 0.25) is 0 Å². The van der Waals surface area contributed by atoms with Crippen LogP contribution >= 0.6 is 0 Å². The second kappa shape index (κ2) is 7.84. The van der Waals surface area contributed by atoms with Crippen LogP contribution in [0.2, 0.25) is 0 Å². The summed E-state index contributed by atoms with van der Waals surface area (Å²) in [6, 6.07) is 0. The van der Waals surface area contributed by atoms with E-state index in [-0.39, 0.29) is 0 Å². The van der Waals surface area contributed by atoms with Crippen molar-refractivity contribution in [2.24, 2.45) is 0 Å². The summed E-state index contributed by atoms with van der Waals surface area (Å²) in [5.74, 6) is 0. The fourth-order valence-corrected chi connectivity index (χ4v) is 1.22. The van der Waals surface area contributed by atoms with Crippen molar-refractivity contribution in [2.45, 2.75) is 59.3 Å². The Hall–Kier alpha value is -0.260. The molecule has 0 aliphatic carbocycles. The molecular weight excluding hydrogens is 132 g/mol. The van der Waals surface area contributed by atoms with Crippen molar-refractivity contribution in [2.75, 3.05) is 0 Å². The molecule has 0 unspecified atom stereocenters. The van der Waals surface area contributed by atoms with Gasteiger partial charge in [-0.3, -0.25) is 0 Å². The highest BCUT2D eigenvalue weighted by Gasteiger charge is 1.94. The molecule has 0 N–H and O–H groups in total. The van der Waals surface area contributed by atoms with Gasteiger partial charge in [0.05, 0.1) is 0 Å². The lowest BCUT2D eigenvalue weighted by Crippen LogP contribution is -1.83. The Labute approximate surface area is 71.7 Å². The van der Waals surface area contributed by atoms with Crippen molar-refractivity contribution >= 4 is 0 Å². The minimum atomic E-state index is 1.32. The van der Waals surface area contributed by atoms with Gasteiger partial charge in [0.15, 0.2) is 0 Å². The van der Waals surface area contributed by atoms with Crippen LogP contribution in [0.5, 0.6) is 0 Å². The van der Waals surface area contributed by atoms with Gasteiger partial charge in [-0.2, -0.15) is 0 Å². The lowest BCUT2D eigenvalue weighted by atomic mass is 10.0. The zero-order chi connectivity index (χ0) is 8.53. The highest BCUT2D eigenvalue weighted by molar-refractivity contribution is 4.99. The van der Waals surface area contributed by atoms with Crippen molar-refractivity contribution in [1.82, 2.24) is 0 Å². The third kappa shape index (κ3) is 6.15. The van der Waals surface area contributed by atoms with E-state index in [9.17, 15) is 0 Å². The van der Waals surface area contributed by atoms with Crippen LogP contribution in [0.25, 0.3) is 0 Å². The summed E-state index contributed by atoms with van der Waals surface area (Å²) in [7, 11) is 0. The largest absolute Gasteiger partial charge is 0.0885 e. The first-order valence-corrected chi connectivity index (χ1v) is 4.99. The van der Waals surface area contributed by atoms with Crippen molar-refractivity contribution in [3.05, 3.63) is 11.6 Å². The van der Waals surface area contributed by atoms with Gasteiger partial charge >= 0.3 is 0 Å². The maximum atomic E-state index is 2.30. The molecule has 0 spiro atoms. The quantitative estimate of drug-likeness (QED) is 0.500.